The van der Waals surface area contributed by atoms with Crippen LogP contribution < -0.4 is 15.4 Å². The minimum absolute atomic E-state index is 0.195. The smallest absolute Gasteiger partial charge is 0.127 e. The molecular weight excluding hydrogens is 300 g/mol. The summed E-state index contributed by atoms with van der Waals surface area (Å²) in [6.07, 6.45) is 1.00. The zero-order valence-electron chi connectivity index (χ0n) is 13.2. The standard InChI is InChI=1S/C19H18N4O/c20-13-17(19-22-11-4-12-23-19)18(21)14-7-9-16(10-8-14)24-15-5-2-1-3-6-15/h1-3,5-10,21-23H,4,11-12H2. The van der Waals surface area contributed by atoms with E-state index in [4.69, 9.17) is 10.1 Å². The van der Waals surface area contributed by atoms with Gasteiger partial charge in [0.25, 0.3) is 0 Å². The quantitative estimate of drug-likeness (QED) is 0.597. The van der Waals surface area contributed by atoms with Crippen LogP contribution in [0.2, 0.25) is 0 Å². The molecule has 0 unspecified atom stereocenters. The highest BCUT2D eigenvalue weighted by molar-refractivity contribution is 6.13. The van der Waals surface area contributed by atoms with E-state index in [-0.39, 0.29) is 5.71 Å². The van der Waals surface area contributed by atoms with Crippen molar-refractivity contribution in [3.05, 3.63) is 71.6 Å². The second kappa shape index (κ2) is 7.34. The third-order valence-corrected chi connectivity index (χ3v) is 3.69. The number of benzene rings is 2. The molecule has 5 heteroatoms. The molecule has 120 valence electrons. The maximum atomic E-state index is 9.41. The molecule has 1 aliphatic heterocycles. The van der Waals surface area contributed by atoms with E-state index in [1.54, 1.807) is 24.3 Å². The van der Waals surface area contributed by atoms with Crippen molar-refractivity contribution in [3.8, 4) is 17.6 Å². The molecule has 1 aliphatic rings. The first kappa shape index (κ1) is 15.6. The number of nitrogens with one attached hydrogen (secondary N) is 3. The molecule has 0 aliphatic carbocycles. The highest BCUT2D eigenvalue weighted by atomic mass is 16.5. The van der Waals surface area contributed by atoms with Crippen LogP contribution in [-0.4, -0.2) is 18.8 Å². The third-order valence-electron chi connectivity index (χ3n) is 3.69. The number of hydrogen-bond donors (Lipinski definition) is 3. The van der Waals surface area contributed by atoms with Gasteiger partial charge in [0.1, 0.15) is 29.0 Å². The van der Waals surface area contributed by atoms with Crippen molar-refractivity contribution in [2.75, 3.05) is 13.1 Å². The maximum absolute atomic E-state index is 9.41. The normalized spacial score (nSPS) is 13.2. The summed E-state index contributed by atoms with van der Waals surface area (Å²) in [6, 6.07) is 18.8. The molecule has 1 saturated heterocycles. The largest absolute Gasteiger partial charge is 0.457 e. The molecule has 5 nitrogen and oxygen atoms in total. The fourth-order valence-corrected chi connectivity index (χ4v) is 2.45. The minimum atomic E-state index is 0.195. The number of ether oxygens (including phenoxy) is 1. The second-order valence-corrected chi connectivity index (χ2v) is 5.38. The average molecular weight is 318 g/mol. The van der Waals surface area contributed by atoms with Gasteiger partial charge in [0.15, 0.2) is 0 Å². The van der Waals surface area contributed by atoms with Gasteiger partial charge >= 0.3 is 0 Å². The molecular formula is C19H18N4O. The molecule has 1 heterocycles. The summed E-state index contributed by atoms with van der Waals surface area (Å²) in [7, 11) is 0. The van der Waals surface area contributed by atoms with Crippen LogP contribution in [0, 0.1) is 16.7 Å². The van der Waals surface area contributed by atoms with Gasteiger partial charge in [-0.25, -0.2) is 0 Å². The molecule has 0 aromatic heterocycles. The lowest BCUT2D eigenvalue weighted by Crippen LogP contribution is -2.37. The lowest BCUT2D eigenvalue weighted by atomic mass is 10.0. The first-order valence-electron chi connectivity index (χ1n) is 7.82. The van der Waals surface area contributed by atoms with Crippen LogP contribution in [-0.2, 0) is 0 Å². The van der Waals surface area contributed by atoms with Gasteiger partial charge in [-0.05, 0) is 42.8 Å². The zero-order chi connectivity index (χ0) is 16.8. The highest BCUT2D eigenvalue weighted by Gasteiger charge is 2.16. The van der Waals surface area contributed by atoms with Crippen LogP contribution in [0.4, 0.5) is 0 Å². The molecule has 1 fully saturated rings. The number of allylic oxidation sites excluding steroid dienone is 1. The van der Waals surface area contributed by atoms with Crippen molar-refractivity contribution in [3.63, 3.8) is 0 Å². The molecule has 3 rings (SSSR count). The van der Waals surface area contributed by atoms with Crippen molar-refractivity contribution >= 4 is 5.71 Å². The van der Waals surface area contributed by atoms with Gasteiger partial charge < -0.3 is 15.4 Å². The van der Waals surface area contributed by atoms with E-state index in [0.717, 1.165) is 25.3 Å². The van der Waals surface area contributed by atoms with Crippen LogP contribution in [0.1, 0.15) is 12.0 Å². The first-order valence-corrected chi connectivity index (χ1v) is 7.82. The first-order chi connectivity index (χ1) is 11.8. The van der Waals surface area contributed by atoms with Crippen molar-refractivity contribution in [1.29, 1.82) is 10.7 Å². The van der Waals surface area contributed by atoms with Crippen molar-refractivity contribution in [1.82, 2.24) is 10.6 Å². The lowest BCUT2D eigenvalue weighted by Gasteiger charge is -2.20. The van der Waals surface area contributed by atoms with Crippen LogP contribution in [0.15, 0.2) is 66.0 Å². The van der Waals surface area contributed by atoms with Gasteiger partial charge in [0.2, 0.25) is 0 Å². The van der Waals surface area contributed by atoms with Gasteiger partial charge in [-0.15, -0.1) is 0 Å². The Balaban J connectivity index is 1.77. The van der Waals surface area contributed by atoms with Crippen molar-refractivity contribution in [2.24, 2.45) is 0 Å². The van der Waals surface area contributed by atoms with Gasteiger partial charge in [-0.1, -0.05) is 18.2 Å². The van der Waals surface area contributed by atoms with E-state index in [2.05, 4.69) is 16.7 Å². The van der Waals surface area contributed by atoms with Gasteiger partial charge in [-0.2, -0.15) is 5.26 Å². The molecule has 3 N–H and O–H groups in total. The Morgan fingerprint density at radius 3 is 2.21 bits per heavy atom. The fraction of sp³-hybridized carbons (Fsp3) is 0.158. The predicted octanol–water partition coefficient (Wildman–Crippen LogP) is 3.16. The van der Waals surface area contributed by atoms with E-state index in [0.29, 0.717) is 22.7 Å². The fourth-order valence-electron chi connectivity index (χ4n) is 2.45. The van der Waals surface area contributed by atoms with Crippen LogP contribution in [0.3, 0.4) is 0 Å². The summed E-state index contributed by atoms with van der Waals surface area (Å²) in [5, 5.41) is 24.0. The van der Waals surface area contributed by atoms with E-state index in [1.807, 2.05) is 30.3 Å². The van der Waals surface area contributed by atoms with Crippen molar-refractivity contribution in [2.45, 2.75) is 6.42 Å². The van der Waals surface area contributed by atoms with E-state index >= 15 is 0 Å². The summed E-state index contributed by atoms with van der Waals surface area (Å²) in [4.78, 5) is 0. The monoisotopic (exact) mass is 318 g/mol. The molecule has 0 atom stereocenters. The second-order valence-electron chi connectivity index (χ2n) is 5.38. The average Bonchev–Trinajstić information content (AvgIpc) is 2.65. The van der Waals surface area contributed by atoms with Gasteiger partial charge in [-0.3, -0.25) is 5.41 Å². The Bertz CT molecular complexity index is 780. The Hall–Kier alpha value is -3.26. The number of rotatable bonds is 4. The lowest BCUT2D eigenvalue weighted by molar-refractivity contribution is 0.482. The molecule has 0 bridgehead atoms. The van der Waals surface area contributed by atoms with Crippen LogP contribution in [0.25, 0.3) is 0 Å². The highest BCUT2D eigenvalue weighted by Crippen LogP contribution is 2.22. The van der Waals surface area contributed by atoms with E-state index in [9.17, 15) is 5.26 Å². The zero-order valence-corrected chi connectivity index (χ0v) is 13.2. The maximum Gasteiger partial charge on any atom is 0.127 e. The molecule has 0 radical (unpaired) electrons. The number of nitrogens with zero attached hydrogens (tertiary/aromatic N) is 1. The Kier molecular flexibility index (Phi) is 4.78. The predicted molar refractivity (Wildman–Crippen MR) is 93.0 cm³/mol. The van der Waals surface area contributed by atoms with Crippen molar-refractivity contribution < 1.29 is 4.74 Å². The van der Waals surface area contributed by atoms with Crippen LogP contribution in [0.5, 0.6) is 11.5 Å². The summed E-state index contributed by atoms with van der Waals surface area (Å²) in [5.74, 6) is 2.09. The van der Waals surface area contributed by atoms with Crippen LogP contribution >= 0.6 is 0 Å². The molecule has 2 aromatic rings. The topological polar surface area (TPSA) is 80.9 Å². The molecule has 0 amide bonds. The van der Waals surface area contributed by atoms with Gasteiger partial charge in [0.05, 0.1) is 5.71 Å². The summed E-state index contributed by atoms with van der Waals surface area (Å²) in [6.45, 7) is 1.62. The molecule has 0 saturated carbocycles. The number of para-hydroxylation sites is 1. The molecule has 2 aromatic carbocycles. The minimum Gasteiger partial charge on any atom is -0.457 e. The summed E-state index contributed by atoms with van der Waals surface area (Å²) in [5.41, 5.74) is 1.20. The Labute approximate surface area is 141 Å². The molecule has 0 spiro atoms. The SMILES string of the molecule is N#CC(C(=N)c1ccc(Oc2ccccc2)cc1)=C1NCCCN1. The number of nitriles is 1. The third kappa shape index (κ3) is 3.55. The Morgan fingerprint density at radius 2 is 1.58 bits per heavy atom. The van der Waals surface area contributed by atoms with E-state index < -0.39 is 0 Å². The summed E-state index contributed by atoms with van der Waals surface area (Å²) >= 11 is 0. The van der Waals surface area contributed by atoms with Gasteiger partial charge in [0, 0.05) is 18.7 Å². The Morgan fingerprint density at radius 1 is 0.958 bits per heavy atom. The number of hydrogen-bond acceptors (Lipinski definition) is 5. The summed E-state index contributed by atoms with van der Waals surface area (Å²) < 4.78 is 5.74. The molecule has 24 heavy (non-hydrogen) atoms. The van der Waals surface area contributed by atoms with E-state index in [1.165, 1.54) is 0 Å².